The molecule has 4 N–H and O–H groups in total. The second kappa shape index (κ2) is 8.83. The summed E-state index contributed by atoms with van der Waals surface area (Å²) in [5.41, 5.74) is 10.3. The lowest BCUT2D eigenvalue weighted by Gasteiger charge is -2.18. The standard InChI is InChI=1S/C26H28N6O2S/c1-31(2)22-12-7-10-19-18(22)14-13-17(25(19)35(28,33)34)8-5-6-15-32-16-29-23-24(32)20-9-3-4-11-21(20)30-26(23)27/h3-4,7,9-14,16H,5-6,8,15H2,1-2H3,(H2,27,30)(H2,28,33,34). The number of unbranched alkanes of at least 4 members (excludes halogenated alkanes) is 1. The molecule has 0 radical (unpaired) electrons. The Bertz CT molecular complexity index is 1670. The quantitative estimate of drug-likeness (QED) is 0.333. The first-order valence-electron chi connectivity index (χ1n) is 11.5. The Hall–Kier alpha value is -3.69. The molecule has 0 aliphatic heterocycles. The van der Waals surface area contributed by atoms with Gasteiger partial charge < -0.3 is 15.2 Å². The Labute approximate surface area is 204 Å². The van der Waals surface area contributed by atoms with E-state index in [1.807, 2.05) is 73.6 Å². The van der Waals surface area contributed by atoms with E-state index in [9.17, 15) is 8.42 Å². The van der Waals surface area contributed by atoms with Crippen LogP contribution < -0.4 is 15.8 Å². The van der Waals surface area contributed by atoms with Gasteiger partial charge in [0.2, 0.25) is 10.0 Å². The highest BCUT2D eigenvalue weighted by atomic mass is 32.2. The van der Waals surface area contributed by atoms with E-state index in [0.717, 1.165) is 52.4 Å². The molecule has 35 heavy (non-hydrogen) atoms. The van der Waals surface area contributed by atoms with E-state index in [-0.39, 0.29) is 4.90 Å². The minimum atomic E-state index is -3.90. The molecule has 5 rings (SSSR count). The van der Waals surface area contributed by atoms with Gasteiger partial charge in [0.25, 0.3) is 0 Å². The number of benzene rings is 3. The first-order valence-corrected chi connectivity index (χ1v) is 13.0. The third kappa shape index (κ3) is 4.17. The number of rotatable bonds is 7. The number of pyridine rings is 1. The van der Waals surface area contributed by atoms with Crippen LogP contribution in [0.1, 0.15) is 18.4 Å². The number of nitrogen functional groups attached to an aromatic ring is 1. The summed E-state index contributed by atoms with van der Waals surface area (Å²) in [6.45, 7) is 0.729. The Kier molecular flexibility index (Phi) is 5.82. The summed E-state index contributed by atoms with van der Waals surface area (Å²) in [6, 6.07) is 17.4. The number of aryl methyl sites for hydroxylation is 2. The van der Waals surface area contributed by atoms with Crippen LogP contribution in [-0.2, 0) is 23.0 Å². The summed E-state index contributed by atoms with van der Waals surface area (Å²) < 4.78 is 27.3. The molecule has 8 nitrogen and oxygen atoms in total. The van der Waals surface area contributed by atoms with Gasteiger partial charge in [-0.05, 0) is 37.0 Å². The van der Waals surface area contributed by atoms with Gasteiger partial charge in [-0.3, -0.25) is 0 Å². The van der Waals surface area contributed by atoms with E-state index in [1.165, 1.54) is 0 Å². The fourth-order valence-electron chi connectivity index (χ4n) is 4.85. The second-order valence-electron chi connectivity index (χ2n) is 8.97. The molecule has 0 saturated heterocycles. The predicted molar refractivity (Wildman–Crippen MR) is 142 cm³/mol. The highest BCUT2D eigenvalue weighted by molar-refractivity contribution is 7.89. The molecule has 0 unspecified atom stereocenters. The topological polar surface area (TPSA) is 120 Å². The molecular formula is C26H28N6O2S. The van der Waals surface area contributed by atoms with E-state index in [2.05, 4.69) is 14.5 Å². The van der Waals surface area contributed by atoms with Gasteiger partial charge in [0.15, 0.2) is 5.82 Å². The highest BCUT2D eigenvalue weighted by Gasteiger charge is 2.19. The number of imidazole rings is 1. The lowest BCUT2D eigenvalue weighted by atomic mass is 10.0. The number of fused-ring (bicyclic) bond motifs is 4. The van der Waals surface area contributed by atoms with Crippen molar-refractivity contribution in [1.82, 2.24) is 14.5 Å². The molecule has 9 heteroatoms. The SMILES string of the molecule is CN(C)c1cccc2c(S(N)(=O)=O)c(CCCCn3cnc4c(N)nc5ccccc5c43)ccc12. The Morgan fingerprint density at radius 3 is 2.49 bits per heavy atom. The summed E-state index contributed by atoms with van der Waals surface area (Å²) >= 11 is 0. The number of nitrogens with zero attached hydrogens (tertiary/aromatic N) is 4. The van der Waals surface area contributed by atoms with Crippen LogP contribution in [0.3, 0.4) is 0 Å². The average molecular weight is 489 g/mol. The second-order valence-corrected chi connectivity index (χ2v) is 10.5. The third-order valence-corrected chi connectivity index (χ3v) is 7.46. The number of primary sulfonamides is 1. The maximum absolute atomic E-state index is 12.6. The zero-order chi connectivity index (χ0) is 24.7. The zero-order valence-electron chi connectivity index (χ0n) is 19.8. The molecule has 5 aromatic rings. The fraction of sp³-hybridized carbons (Fsp3) is 0.231. The van der Waals surface area contributed by atoms with Gasteiger partial charge in [0.1, 0.15) is 5.52 Å². The summed E-state index contributed by atoms with van der Waals surface area (Å²) in [7, 11) is -0.0223. The minimum Gasteiger partial charge on any atom is -0.382 e. The van der Waals surface area contributed by atoms with Gasteiger partial charge in [0.05, 0.1) is 22.3 Å². The maximum atomic E-state index is 12.6. The first kappa shape index (κ1) is 23.1. The first-order chi connectivity index (χ1) is 16.8. The summed E-state index contributed by atoms with van der Waals surface area (Å²) in [5, 5.41) is 8.23. The van der Waals surface area contributed by atoms with Crippen molar-refractivity contribution in [3.05, 3.63) is 66.5 Å². The Morgan fingerprint density at radius 1 is 0.943 bits per heavy atom. The highest BCUT2D eigenvalue weighted by Crippen LogP contribution is 2.33. The number of anilines is 2. The van der Waals surface area contributed by atoms with E-state index < -0.39 is 10.0 Å². The van der Waals surface area contributed by atoms with Crippen LogP contribution in [0.4, 0.5) is 11.5 Å². The van der Waals surface area contributed by atoms with E-state index in [4.69, 9.17) is 10.9 Å². The van der Waals surface area contributed by atoms with Gasteiger partial charge in [-0.25, -0.2) is 23.5 Å². The number of hydrogen-bond acceptors (Lipinski definition) is 6. The molecule has 0 saturated carbocycles. The lowest BCUT2D eigenvalue weighted by molar-refractivity contribution is 0.594. The lowest BCUT2D eigenvalue weighted by Crippen LogP contribution is -2.16. The monoisotopic (exact) mass is 488 g/mol. The number of nitrogens with two attached hydrogens (primary N) is 2. The number of sulfonamides is 1. The van der Waals surface area contributed by atoms with Crippen molar-refractivity contribution in [3.63, 3.8) is 0 Å². The molecule has 3 aromatic carbocycles. The summed E-state index contributed by atoms with van der Waals surface area (Å²) in [5.74, 6) is 0.420. The number of hydrogen-bond donors (Lipinski definition) is 2. The smallest absolute Gasteiger partial charge is 0.238 e. The number of aromatic nitrogens is 3. The van der Waals surface area contributed by atoms with Gasteiger partial charge >= 0.3 is 0 Å². The van der Waals surface area contributed by atoms with E-state index in [1.54, 1.807) is 6.33 Å². The minimum absolute atomic E-state index is 0.219. The van der Waals surface area contributed by atoms with Crippen molar-refractivity contribution in [3.8, 4) is 0 Å². The van der Waals surface area contributed by atoms with Crippen molar-refractivity contribution in [1.29, 1.82) is 0 Å². The van der Waals surface area contributed by atoms with E-state index >= 15 is 0 Å². The zero-order valence-corrected chi connectivity index (χ0v) is 20.6. The molecule has 0 amide bonds. The van der Waals surface area contributed by atoms with Gasteiger partial charge in [-0.2, -0.15) is 0 Å². The van der Waals surface area contributed by atoms with Gasteiger partial charge in [-0.15, -0.1) is 0 Å². The van der Waals surface area contributed by atoms with Gasteiger partial charge in [0, 0.05) is 42.5 Å². The average Bonchev–Trinajstić information content (AvgIpc) is 3.25. The van der Waals surface area contributed by atoms with Crippen molar-refractivity contribution in [2.45, 2.75) is 30.7 Å². The Morgan fingerprint density at radius 2 is 1.71 bits per heavy atom. The third-order valence-electron chi connectivity index (χ3n) is 6.41. The number of para-hydroxylation sites is 1. The van der Waals surface area contributed by atoms with Crippen molar-refractivity contribution < 1.29 is 8.42 Å². The van der Waals surface area contributed by atoms with Crippen LogP contribution in [-0.4, -0.2) is 37.0 Å². The molecule has 0 aliphatic carbocycles. The van der Waals surface area contributed by atoms with Crippen LogP contribution >= 0.6 is 0 Å². The molecule has 0 spiro atoms. The van der Waals surface area contributed by atoms with Crippen LogP contribution in [0.15, 0.2) is 65.8 Å². The fourth-order valence-corrected chi connectivity index (χ4v) is 5.87. The molecule has 0 fully saturated rings. The molecule has 2 heterocycles. The molecule has 0 aliphatic rings. The van der Waals surface area contributed by atoms with Crippen LogP contribution in [0.2, 0.25) is 0 Å². The van der Waals surface area contributed by atoms with Crippen LogP contribution in [0, 0.1) is 0 Å². The molecular weight excluding hydrogens is 460 g/mol. The summed E-state index contributed by atoms with van der Waals surface area (Å²) in [6.07, 6.45) is 4.02. The molecule has 0 bridgehead atoms. The van der Waals surface area contributed by atoms with Crippen LogP contribution in [0.5, 0.6) is 0 Å². The van der Waals surface area contributed by atoms with Gasteiger partial charge in [-0.1, -0.05) is 42.5 Å². The van der Waals surface area contributed by atoms with Crippen molar-refractivity contribution in [2.24, 2.45) is 5.14 Å². The maximum Gasteiger partial charge on any atom is 0.238 e. The van der Waals surface area contributed by atoms with Crippen molar-refractivity contribution in [2.75, 3.05) is 24.7 Å². The summed E-state index contributed by atoms with van der Waals surface area (Å²) in [4.78, 5) is 11.1. The molecule has 180 valence electrons. The van der Waals surface area contributed by atoms with Crippen LogP contribution in [0.25, 0.3) is 32.7 Å². The normalized spacial score (nSPS) is 12.1. The Balaban J connectivity index is 1.42. The largest absolute Gasteiger partial charge is 0.382 e. The van der Waals surface area contributed by atoms with E-state index in [0.29, 0.717) is 23.1 Å². The molecule has 2 aromatic heterocycles. The van der Waals surface area contributed by atoms with Crippen molar-refractivity contribution >= 4 is 54.2 Å². The predicted octanol–water partition coefficient (Wildman–Crippen LogP) is 4.06. The molecule has 0 atom stereocenters.